The standard InChI is InChI=1S/C14H13N2/c1-2-6-13-11-16(10-8-12(13)5-1)14-7-3-4-9-15-14/h2-7,9H,8,10-11H2. The Balaban J connectivity index is 1.89. The first kappa shape index (κ1) is 9.40. The van der Waals surface area contributed by atoms with E-state index in [1.165, 1.54) is 11.1 Å². The summed E-state index contributed by atoms with van der Waals surface area (Å²) in [5.74, 6) is 1.07. The number of pyridine rings is 1. The molecule has 0 saturated heterocycles. The zero-order chi connectivity index (χ0) is 10.8. The number of benzene rings is 1. The Hall–Kier alpha value is -1.83. The Morgan fingerprint density at radius 1 is 1.19 bits per heavy atom. The van der Waals surface area contributed by atoms with Gasteiger partial charge < -0.3 is 4.90 Å². The van der Waals surface area contributed by atoms with Crippen LogP contribution in [0.1, 0.15) is 11.1 Å². The molecule has 16 heavy (non-hydrogen) atoms. The van der Waals surface area contributed by atoms with Gasteiger partial charge in [-0.05, 0) is 35.7 Å². The molecule has 0 unspecified atom stereocenters. The normalized spacial score (nSPS) is 14.6. The van der Waals surface area contributed by atoms with Crippen LogP contribution < -0.4 is 4.90 Å². The van der Waals surface area contributed by atoms with Crippen LogP contribution in [0.25, 0.3) is 0 Å². The molecule has 0 N–H and O–H groups in total. The SMILES string of the molecule is [c]1ccc2c(c1)CCN(c1ccccn1)C2. The van der Waals surface area contributed by atoms with Gasteiger partial charge in [0.1, 0.15) is 5.82 Å². The van der Waals surface area contributed by atoms with Crippen LogP contribution in [0, 0.1) is 6.07 Å². The molecule has 0 bridgehead atoms. The van der Waals surface area contributed by atoms with Crippen LogP contribution >= 0.6 is 0 Å². The molecule has 1 aromatic heterocycles. The van der Waals surface area contributed by atoms with Crippen LogP contribution in [0.2, 0.25) is 0 Å². The maximum atomic E-state index is 4.39. The lowest BCUT2D eigenvalue weighted by Crippen LogP contribution is -2.30. The Labute approximate surface area is 95.6 Å². The van der Waals surface area contributed by atoms with Crippen molar-refractivity contribution >= 4 is 5.82 Å². The molecule has 0 saturated carbocycles. The summed E-state index contributed by atoms with van der Waals surface area (Å²) in [6.07, 6.45) is 2.94. The minimum absolute atomic E-state index is 0.959. The molecule has 0 aliphatic carbocycles. The van der Waals surface area contributed by atoms with Gasteiger partial charge >= 0.3 is 0 Å². The van der Waals surface area contributed by atoms with E-state index in [2.05, 4.69) is 34.1 Å². The second kappa shape index (κ2) is 3.97. The van der Waals surface area contributed by atoms with Gasteiger partial charge in [0.15, 0.2) is 0 Å². The summed E-state index contributed by atoms with van der Waals surface area (Å²) in [6, 6.07) is 15.4. The lowest BCUT2D eigenvalue weighted by molar-refractivity contribution is 0.721. The molecular weight excluding hydrogens is 196 g/mol. The van der Waals surface area contributed by atoms with Gasteiger partial charge in [0, 0.05) is 19.3 Å². The van der Waals surface area contributed by atoms with Crippen molar-refractivity contribution in [2.24, 2.45) is 0 Å². The quantitative estimate of drug-likeness (QED) is 0.717. The molecule has 2 aromatic rings. The number of anilines is 1. The maximum absolute atomic E-state index is 4.39. The van der Waals surface area contributed by atoms with Crippen LogP contribution in [-0.2, 0) is 13.0 Å². The molecule has 0 amide bonds. The molecule has 1 aliphatic rings. The highest BCUT2D eigenvalue weighted by molar-refractivity contribution is 5.43. The molecule has 79 valence electrons. The van der Waals surface area contributed by atoms with Crippen molar-refractivity contribution in [3.8, 4) is 0 Å². The van der Waals surface area contributed by atoms with Crippen LogP contribution in [0.4, 0.5) is 5.82 Å². The predicted molar refractivity (Wildman–Crippen MR) is 64.3 cm³/mol. The Bertz CT molecular complexity index is 479. The zero-order valence-electron chi connectivity index (χ0n) is 9.06. The molecule has 1 aromatic carbocycles. The van der Waals surface area contributed by atoms with Crippen molar-refractivity contribution in [2.45, 2.75) is 13.0 Å². The molecule has 1 radical (unpaired) electrons. The third-order valence-electron chi connectivity index (χ3n) is 3.04. The first-order chi connectivity index (χ1) is 7.93. The summed E-state index contributed by atoms with van der Waals surface area (Å²) in [7, 11) is 0. The van der Waals surface area contributed by atoms with Crippen molar-refractivity contribution in [3.05, 3.63) is 59.8 Å². The Morgan fingerprint density at radius 3 is 3.06 bits per heavy atom. The molecule has 2 heteroatoms. The van der Waals surface area contributed by atoms with E-state index >= 15 is 0 Å². The van der Waals surface area contributed by atoms with Crippen LogP contribution in [-0.4, -0.2) is 11.5 Å². The monoisotopic (exact) mass is 209 g/mol. The topological polar surface area (TPSA) is 16.1 Å². The van der Waals surface area contributed by atoms with Crippen LogP contribution in [0.3, 0.4) is 0 Å². The Kier molecular flexibility index (Phi) is 2.33. The third kappa shape index (κ3) is 1.67. The molecule has 1 aliphatic heterocycles. The summed E-state index contributed by atoms with van der Waals surface area (Å²) in [6.45, 7) is 2.00. The molecule has 2 heterocycles. The third-order valence-corrected chi connectivity index (χ3v) is 3.04. The second-order valence-corrected chi connectivity index (χ2v) is 4.05. The summed E-state index contributed by atoms with van der Waals surface area (Å²) < 4.78 is 0. The van der Waals surface area contributed by atoms with Gasteiger partial charge in [-0.2, -0.15) is 0 Å². The average molecular weight is 209 g/mol. The van der Waals surface area contributed by atoms with Gasteiger partial charge in [0.2, 0.25) is 0 Å². The van der Waals surface area contributed by atoms with Gasteiger partial charge in [0.05, 0.1) is 0 Å². The van der Waals surface area contributed by atoms with E-state index in [0.29, 0.717) is 0 Å². The highest BCUT2D eigenvalue weighted by Gasteiger charge is 2.16. The van der Waals surface area contributed by atoms with E-state index in [1.54, 1.807) is 0 Å². The molecule has 2 nitrogen and oxygen atoms in total. The molecule has 0 fully saturated rings. The maximum Gasteiger partial charge on any atom is 0.128 e. The molecule has 0 spiro atoms. The number of hydrogen-bond donors (Lipinski definition) is 0. The molecular formula is C14H13N2. The fourth-order valence-corrected chi connectivity index (χ4v) is 2.16. The number of rotatable bonds is 1. The highest BCUT2D eigenvalue weighted by atomic mass is 15.2. The number of hydrogen-bond acceptors (Lipinski definition) is 2. The first-order valence-corrected chi connectivity index (χ1v) is 5.57. The van der Waals surface area contributed by atoms with E-state index in [9.17, 15) is 0 Å². The lowest BCUT2D eigenvalue weighted by atomic mass is 10.00. The van der Waals surface area contributed by atoms with Crippen molar-refractivity contribution in [2.75, 3.05) is 11.4 Å². The van der Waals surface area contributed by atoms with Crippen molar-refractivity contribution in [1.29, 1.82) is 0 Å². The minimum atomic E-state index is 0.959. The lowest BCUT2D eigenvalue weighted by Gasteiger charge is -2.29. The zero-order valence-corrected chi connectivity index (χ0v) is 9.06. The Morgan fingerprint density at radius 2 is 2.19 bits per heavy atom. The van der Waals surface area contributed by atoms with Gasteiger partial charge in [-0.1, -0.05) is 24.3 Å². The van der Waals surface area contributed by atoms with E-state index < -0.39 is 0 Å². The van der Waals surface area contributed by atoms with Crippen molar-refractivity contribution in [1.82, 2.24) is 4.98 Å². The smallest absolute Gasteiger partial charge is 0.128 e. The molecule has 3 rings (SSSR count). The fraction of sp³-hybridized carbons (Fsp3) is 0.214. The molecule has 0 atom stereocenters. The average Bonchev–Trinajstić information content (AvgIpc) is 2.39. The van der Waals surface area contributed by atoms with Crippen LogP contribution in [0.15, 0.2) is 42.6 Å². The number of fused-ring (bicyclic) bond motifs is 1. The largest absolute Gasteiger partial charge is 0.352 e. The fourth-order valence-electron chi connectivity index (χ4n) is 2.16. The van der Waals surface area contributed by atoms with E-state index in [1.807, 2.05) is 24.4 Å². The van der Waals surface area contributed by atoms with Gasteiger partial charge in [0.25, 0.3) is 0 Å². The predicted octanol–water partition coefficient (Wildman–Crippen LogP) is 2.44. The van der Waals surface area contributed by atoms with E-state index in [-0.39, 0.29) is 0 Å². The highest BCUT2D eigenvalue weighted by Crippen LogP contribution is 2.22. The van der Waals surface area contributed by atoms with Crippen molar-refractivity contribution in [3.63, 3.8) is 0 Å². The van der Waals surface area contributed by atoms with E-state index in [0.717, 1.165) is 25.3 Å². The second-order valence-electron chi connectivity index (χ2n) is 4.05. The van der Waals surface area contributed by atoms with Gasteiger partial charge in [-0.25, -0.2) is 4.98 Å². The minimum Gasteiger partial charge on any atom is -0.352 e. The summed E-state index contributed by atoms with van der Waals surface area (Å²) >= 11 is 0. The first-order valence-electron chi connectivity index (χ1n) is 5.57. The van der Waals surface area contributed by atoms with E-state index in [4.69, 9.17) is 0 Å². The summed E-state index contributed by atoms with van der Waals surface area (Å²) in [5, 5.41) is 0. The van der Waals surface area contributed by atoms with Crippen LogP contribution in [0.5, 0.6) is 0 Å². The summed E-state index contributed by atoms with van der Waals surface area (Å²) in [5.41, 5.74) is 2.82. The van der Waals surface area contributed by atoms with Gasteiger partial charge in [-0.3, -0.25) is 0 Å². The summed E-state index contributed by atoms with van der Waals surface area (Å²) in [4.78, 5) is 6.72. The van der Waals surface area contributed by atoms with Crippen molar-refractivity contribution < 1.29 is 0 Å². The number of nitrogens with zero attached hydrogens (tertiary/aromatic N) is 2. The van der Waals surface area contributed by atoms with Gasteiger partial charge in [-0.15, -0.1) is 0 Å². The number of aromatic nitrogens is 1.